The quantitative estimate of drug-likeness (QED) is 0.855. The molecule has 9 heteroatoms. The number of amides is 1. The van der Waals surface area contributed by atoms with Gasteiger partial charge in [0.05, 0.1) is 11.2 Å². The van der Waals surface area contributed by atoms with Crippen LogP contribution < -0.4 is 10.3 Å². The summed E-state index contributed by atoms with van der Waals surface area (Å²) in [6.07, 6.45) is -3.13. The zero-order valence-electron chi connectivity index (χ0n) is 14.3. The lowest BCUT2D eigenvalue weighted by molar-refractivity contribution is -0.137. The highest BCUT2D eigenvalue weighted by Crippen LogP contribution is 2.39. The normalized spacial score (nSPS) is 20.3. The molecule has 0 radical (unpaired) electrons. The smallest absolute Gasteiger partial charge is 0.418 e. The van der Waals surface area contributed by atoms with Crippen LogP contribution in [0.2, 0.25) is 0 Å². The number of hydrogen-bond acceptors (Lipinski definition) is 5. The summed E-state index contributed by atoms with van der Waals surface area (Å²) in [7, 11) is 0. The molecular formula is C17H20F3N3O3. The van der Waals surface area contributed by atoms with E-state index in [1.54, 1.807) is 4.90 Å². The molecule has 26 heavy (non-hydrogen) atoms. The van der Waals surface area contributed by atoms with E-state index >= 15 is 0 Å². The molecule has 1 fully saturated rings. The fourth-order valence-electron chi connectivity index (χ4n) is 3.15. The van der Waals surface area contributed by atoms with Gasteiger partial charge in [-0.25, -0.2) is 5.43 Å². The Kier molecular flexibility index (Phi) is 4.83. The van der Waals surface area contributed by atoms with Crippen molar-refractivity contribution >= 4 is 17.5 Å². The van der Waals surface area contributed by atoms with Crippen molar-refractivity contribution in [3.63, 3.8) is 0 Å². The van der Waals surface area contributed by atoms with Crippen molar-refractivity contribution in [1.82, 2.24) is 5.43 Å². The number of alkyl halides is 3. The van der Waals surface area contributed by atoms with Crippen LogP contribution in [0.3, 0.4) is 0 Å². The number of ether oxygens (including phenoxy) is 1. The number of benzene rings is 1. The van der Waals surface area contributed by atoms with E-state index < -0.39 is 23.2 Å². The maximum Gasteiger partial charge on any atom is 0.418 e. The van der Waals surface area contributed by atoms with Gasteiger partial charge in [0.2, 0.25) is 5.90 Å². The Balaban J connectivity index is 1.90. The van der Waals surface area contributed by atoms with Gasteiger partial charge in [0.1, 0.15) is 0 Å². The molecule has 6 nitrogen and oxygen atoms in total. The summed E-state index contributed by atoms with van der Waals surface area (Å²) in [6, 6.07) is 3.85. The number of carbonyl (C=O) groups excluding carboxylic acids is 1. The first-order valence-corrected chi connectivity index (χ1v) is 8.40. The number of halogens is 3. The number of anilines is 1. The first kappa shape index (κ1) is 18.5. The van der Waals surface area contributed by atoms with Gasteiger partial charge in [0, 0.05) is 24.3 Å². The number of hydrazone groups is 1. The highest BCUT2D eigenvalue weighted by atomic mass is 19.4. The van der Waals surface area contributed by atoms with Crippen molar-refractivity contribution in [2.45, 2.75) is 38.0 Å². The first-order chi connectivity index (χ1) is 12.2. The van der Waals surface area contributed by atoms with E-state index in [2.05, 4.69) is 10.5 Å². The second-order valence-electron chi connectivity index (χ2n) is 6.54. The lowest BCUT2D eigenvalue weighted by Crippen LogP contribution is -2.44. The Labute approximate surface area is 148 Å². The SMILES string of the molecule is CCC1(O)CCN(c2ccc(C3=NNC(=O)CO3)cc2C(F)(F)F)CC1. The highest BCUT2D eigenvalue weighted by Gasteiger charge is 2.38. The number of nitrogens with zero attached hydrogens (tertiary/aromatic N) is 2. The van der Waals surface area contributed by atoms with E-state index in [1.807, 2.05) is 6.92 Å². The van der Waals surface area contributed by atoms with Crippen LogP contribution in [0.4, 0.5) is 18.9 Å². The van der Waals surface area contributed by atoms with Crippen LogP contribution in [0, 0.1) is 0 Å². The molecule has 3 rings (SSSR count). The largest absolute Gasteiger partial charge is 0.466 e. The van der Waals surface area contributed by atoms with Gasteiger partial charge in [-0.3, -0.25) is 4.79 Å². The monoisotopic (exact) mass is 371 g/mol. The standard InChI is InChI=1S/C17H20F3N3O3/c1-2-16(25)5-7-23(8-6-16)13-4-3-11(9-12(13)17(18,19)20)15-22-21-14(24)10-26-15/h3-4,9,25H,2,5-8,10H2,1H3,(H,21,24). The van der Waals surface area contributed by atoms with Gasteiger partial charge in [-0.05, 0) is 37.5 Å². The molecule has 2 heterocycles. The summed E-state index contributed by atoms with van der Waals surface area (Å²) in [4.78, 5) is 12.7. The minimum atomic E-state index is -4.55. The van der Waals surface area contributed by atoms with Crippen molar-refractivity contribution in [1.29, 1.82) is 0 Å². The van der Waals surface area contributed by atoms with Crippen LogP contribution in [-0.2, 0) is 15.7 Å². The average Bonchev–Trinajstić information content (AvgIpc) is 2.62. The third-order valence-corrected chi connectivity index (χ3v) is 4.86. The molecule has 0 atom stereocenters. The minimum Gasteiger partial charge on any atom is -0.466 e. The Morgan fingerprint density at radius 3 is 2.58 bits per heavy atom. The molecule has 1 saturated heterocycles. The van der Waals surface area contributed by atoms with Crippen LogP contribution in [-0.4, -0.2) is 42.2 Å². The van der Waals surface area contributed by atoms with E-state index in [9.17, 15) is 23.1 Å². The molecule has 1 amide bonds. The first-order valence-electron chi connectivity index (χ1n) is 8.40. The molecule has 2 aliphatic heterocycles. The molecule has 1 aromatic carbocycles. The Bertz CT molecular complexity index is 726. The molecule has 0 aliphatic carbocycles. The van der Waals surface area contributed by atoms with Crippen molar-refractivity contribution in [3.8, 4) is 0 Å². The fourth-order valence-corrected chi connectivity index (χ4v) is 3.15. The van der Waals surface area contributed by atoms with Gasteiger partial charge in [0.25, 0.3) is 5.91 Å². The predicted octanol–water partition coefficient (Wildman–Crippen LogP) is 2.25. The van der Waals surface area contributed by atoms with E-state index in [0.717, 1.165) is 6.07 Å². The molecule has 0 aromatic heterocycles. The van der Waals surface area contributed by atoms with Crippen LogP contribution in [0.1, 0.15) is 37.3 Å². The van der Waals surface area contributed by atoms with Crippen molar-refractivity contribution < 1.29 is 27.8 Å². The molecule has 0 spiro atoms. The molecule has 1 aromatic rings. The van der Waals surface area contributed by atoms with Crippen LogP contribution >= 0.6 is 0 Å². The second kappa shape index (κ2) is 6.79. The Hall–Kier alpha value is -2.29. The highest BCUT2D eigenvalue weighted by molar-refractivity contribution is 5.98. The zero-order chi connectivity index (χ0) is 18.9. The summed E-state index contributed by atoms with van der Waals surface area (Å²) in [5.74, 6) is -0.515. The average molecular weight is 371 g/mol. The van der Waals surface area contributed by atoms with Gasteiger partial charge in [-0.15, -0.1) is 5.10 Å². The number of rotatable bonds is 3. The van der Waals surface area contributed by atoms with E-state index in [0.29, 0.717) is 32.4 Å². The summed E-state index contributed by atoms with van der Waals surface area (Å²) < 4.78 is 45.9. The topological polar surface area (TPSA) is 74.2 Å². The fraction of sp³-hybridized carbons (Fsp3) is 0.529. The van der Waals surface area contributed by atoms with Gasteiger partial charge in [-0.2, -0.15) is 13.2 Å². The maximum absolute atomic E-state index is 13.6. The molecule has 0 unspecified atom stereocenters. The number of piperidine rings is 1. The van der Waals surface area contributed by atoms with Crippen molar-refractivity contribution in [2.75, 3.05) is 24.6 Å². The molecular weight excluding hydrogens is 351 g/mol. The molecule has 2 N–H and O–H groups in total. The molecule has 0 bridgehead atoms. The molecule has 142 valence electrons. The van der Waals surface area contributed by atoms with Crippen LogP contribution in [0.25, 0.3) is 0 Å². The van der Waals surface area contributed by atoms with Crippen LogP contribution in [0.15, 0.2) is 23.3 Å². The third-order valence-electron chi connectivity index (χ3n) is 4.86. The number of aliphatic hydroxyl groups is 1. The summed E-state index contributed by atoms with van der Waals surface area (Å²) >= 11 is 0. The third kappa shape index (κ3) is 3.77. The predicted molar refractivity (Wildman–Crippen MR) is 88.8 cm³/mol. The van der Waals surface area contributed by atoms with E-state index in [4.69, 9.17) is 4.74 Å². The molecule has 2 aliphatic rings. The van der Waals surface area contributed by atoms with Gasteiger partial charge in [0.15, 0.2) is 6.61 Å². The number of carbonyl (C=O) groups is 1. The number of nitrogens with one attached hydrogen (secondary N) is 1. The Morgan fingerprint density at radius 1 is 1.35 bits per heavy atom. The summed E-state index contributed by atoms with van der Waals surface area (Å²) in [5.41, 5.74) is 0.799. The van der Waals surface area contributed by atoms with Crippen LogP contribution in [0.5, 0.6) is 0 Å². The lowest BCUT2D eigenvalue weighted by atomic mass is 9.88. The zero-order valence-corrected chi connectivity index (χ0v) is 14.3. The van der Waals surface area contributed by atoms with Crippen molar-refractivity contribution in [2.24, 2.45) is 5.10 Å². The molecule has 0 saturated carbocycles. The maximum atomic E-state index is 13.6. The van der Waals surface area contributed by atoms with Gasteiger partial charge < -0.3 is 14.7 Å². The second-order valence-corrected chi connectivity index (χ2v) is 6.54. The van der Waals surface area contributed by atoms with E-state index in [1.165, 1.54) is 12.1 Å². The lowest BCUT2D eigenvalue weighted by Gasteiger charge is -2.39. The van der Waals surface area contributed by atoms with Crippen molar-refractivity contribution in [3.05, 3.63) is 29.3 Å². The van der Waals surface area contributed by atoms with Gasteiger partial charge in [-0.1, -0.05) is 6.92 Å². The number of hydrogen-bond donors (Lipinski definition) is 2. The summed E-state index contributed by atoms with van der Waals surface area (Å²) in [5, 5.41) is 14.0. The Morgan fingerprint density at radius 2 is 2.04 bits per heavy atom. The van der Waals surface area contributed by atoms with E-state index in [-0.39, 0.29) is 23.8 Å². The minimum absolute atomic E-state index is 0.0550. The summed E-state index contributed by atoms with van der Waals surface area (Å²) in [6.45, 7) is 2.28. The van der Waals surface area contributed by atoms with Gasteiger partial charge >= 0.3 is 6.18 Å².